The fourth-order valence-electron chi connectivity index (χ4n) is 7.60. The number of hydrogen-bond donors (Lipinski definition) is 0. The molecule has 0 aromatic rings. The van der Waals surface area contributed by atoms with E-state index >= 15 is 0 Å². The largest absolute Gasteiger partial charge is 0.462 e. The van der Waals surface area contributed by atoms with Crippen molar-refractivity contribution >= 4 is 17.9 Å². The van der Waals surface area contributed by atoms with Gasteiger partial charge in [0.2, 0.25) is 0 Å². The monoisotopic (exact) mass is 807 g/mol. The standard InChI is InChI=1S/C51H98O6/c1-6-8-9-10-11-12-22-25-31-36-41-49(52)55-44-48(57-51(54)43-38-33-28-27-30-35-40-47(5)7-2)45-56-50(53)42-37-32-26-23-20-18-16-14-13-15-17-19-21-24-29-34-39-46(3)4/h46-48H,6-45H2,1-5H3/t47?,48-/m1/s1. The molecule has 0 saturated heterocycles. The van der Waals surface area contributed by atoms with Crippen molar-refractivity contribution in [2.75, 3.05) is 13.2 Å². The third kappa shape index (κ3) is 43.8. The molecule has 0 rings (SSSR count). The summed E-state index contributed by atoms with van der Waals surface area (Å²) in [5.41, 5.74) is 0. The predicted molar refractivity (Wildman–Crippen MR) is 243 cm³/mol. The van der Waals surface area contributed by atoms with E-state index < -0.39 is 6.10 Å². The molecule has 1 unspecified atom stereocenters. The normalized spacial score (nSPS) is 12.5. The van der Waals surface area contributed by atoms with Gasteiger partial charge in [0.15, 0.2) is 6.10 Å². The lowest BCUT2D eigenvalue weighted by atomic mass is 10.00. The van der Waals surface area contributed by atoms with Crippen LogP contribution in [0.2, 0.25) is 0 Å². The van der Waals surface area contributed by atoms with Crippen molar-refractivity contribution in [3.8, 4) is 0 Å². The Balaban J connectivity index is 4.21. The van der Waals surface area contributed by atoms with E-state index in [0.717, 1.165) is 69.6 Å². The van der Waals surface area contributed by atoms with E-state index in [4.69, 9.17) is 14.2 Å². The third-order valence-electron chi connectivity index (χ3n) is 11.8. The molecule has 0 aliphatic heterocycles. The highest BCUT2D eigenvalue weighted by molar-refractivity contribution is 5.71. The van der Waals surface area contributed by atoms with Gasteiger partial charge in [-0.1, -0.05) is 240 Å². The van der Waals surface area contributed by atoms with Gasteiger partial charge in [0, 0.05) is 19.3 Å². The number of rotatable bonds is 45. The molecule has 0 spiro atoms. The second-order valence-corrected chi connectivity index (χ2v) is 18.2. The first-order valence-corrected chi connectivity index (χ1v) is 25.3. The van der Waals surface area contributed by atoms with Crippen LogP contribution in [0.3, 0.4) is 0 Å². The van der Waals surface area contributed by atoms with Gasteiger partial charge in [0.1, 0.15) is 13.2 Å². The highest BCUT2D eigenvalue weighted by atomic mass is 16.6. The predicted octanol–water partition coefficient (Wildman–Crippen LogP) is 16.1. The van der Waals surface area contributed by atoms with Crippen LogP contribution < -0.4 is 0 Å². The Kier molecular flexibility index (Phi) is 42.7. The van der Waals surface area contributed by atoms with Crippen molar-refractivity contribution in [2.24, 2.45) is 11.8 Å². The van der Waals surface area contributed by atoms with Crippen LogP contribution in [-0.4, -0.2) is 37.2 Å². The van der Waals surface area contributed by atoms with E-state index in [1.165, 1.54) is 167 Å². The van der Waals surface area contributed by atoms with Crippen LogP contribution in [0, 0.1) is 11.8 Å². The lowest BCUT2D eigenvalue weighted by Gasteiger charge is -2.18. The first-order valence-electron chi connectivity index (χ1n) is 25.3. The minimum absolute atomic E-state index is 0.0647. The van der Waals surface area contributed by atoms with Crippen LogP contribution in [0.25, 0.3) is 0 Å². The molecule has 2 atom stereocenters. The molecule has 0 aliphatic rings. The van der Waals surface area contributed by atoms with Crippen LogP contribution in [0.5, 0.6) is 0 Å². The quantitative estimate of drug-likeness (QED) is 0.0346. The Morgan fingerprint density at radius 2 is 0.667 bits per heavy atom. The summed E-state index contributed by atoms with van der Waals surface area (Å²) >= 11 is 0. The van der Waals surface area contributed by atoms with Crippen LogP contribution in [-0.2, 0) is 28.6 Å². The Hall–Kier alpha value is -1.59. The van der Waals surface area contributed by atoms with Gasteiger partial charge in [-0.3, -0.25) is 14.4 Å². The lowest BCUT2D eigenvalue weighted by Crippen LogP contribution is -2.30. The van der Waals surface area contributed by atoms with E-state index in [0.29, 0.717) is 19.3 Å². The number of ether oxygens (including phenoxy) is 3. The summed E-state index contributed by atoms with van der Waals surface area (Å²) in [6.07, 6.45) is 43.8. The van der Waals surface area contributed by atoms with Crippen molar-refractivity contribution in [2.45, 2.75) is 285 Å². The van der Waals surface area contributed by atoms with E-state index in [1.807, 2.05) is 0 Å². The highest BCUT2D eigenvalue weighted by Crippen LogP contribution is 2.18. The molecule has 0 heterocycles. The Morgan fingerprint density at radius 1 is 0.368 bits per heavy atom. The molecule has 0 radical (unpaired) electrons. The molecule has 338 valence electrons. The molecule has 0 fully saturated rings. The Bertz CT molecular complexity index is 872. The van der Waals surface area contributed by atoms with Crippen LogP contribution in [0.1, 0.15) is 279 Å². The molecule has 0 aliphatic carbocycles. The topological polar surface area (TPSA) is 78.9 Å². The Labute approximate surface area is 355 Å². The van der Waals surface area contributed by atoms with Crippen molar-refractivity contribution in [3.05, 3.63) is 0 Å². The fourth-order valence-corrected chi connectivity index (χ4v) is 7.60. The van der Waals surface area contributed by atoms with Crippen LogP contribution in [0.15, 0.2) is 0 Å². The molecular weight excluding hydrogens is 709 g/mol. The SMILES string of the molecule is CCCCCCCCCCCCC(=O)OC[C@H](COC(=O)CCCCCCCCCCCCCCCCCCC(C)C)OC(=O)CCCCCCCCC(C)CC. The van der Waals surface area contributed by atoms with Crippen LogP contribution >= 0.6 is 0 Å². The maximum Gasteiger partial charge on any atom is 0.306 e. The highest BCUT2D eigenvalue weighted by Gasteiger charge is 2.19. The van der Waals surface area contributed by atoms with Crippen molar-refractivity contribution < 1.29 is 28.6 Å². The van der Waals surface area contributed by atoms with E-state index in [1.54, 1.807) is 0 Å². The van der Waals surface area contributed by atoms with E-state index in [9.17, 15) is 14.4 Å². The van der Waals surface area contributed by atoms with Gasteiger partial charge in [0.05, 0.1) is 0 Å². The average molecular weight is 807 g/mol. The molecule has 0 saturated carbocycles. The third-order valence-corrected chi connectivity index (χ3v) is 11.8. The maximum atomic E-state index is 12.7. The van der Waals surface area contributed by atoms with Gasteiger partial charge in [-0.15, -0.1) is 0 Å². The molecular formula is C51H98O6. The van der Waals surface area contributed by atoms with E-state index in [2.05, 4.69) is 34.6 Å². The number of carbonyl (C=O) groups excluding carboxylic acids is 3. The minimum atomic E-state index is -0.761. The molecule has 6 nitrogen and oxygen atoms in total. The second kappa shape index (κ2) is 44.0. The second-order valence-electron chi connectivity index (χ2n) is 18.2. The van der Waals surface area contributed by atoms with Gasteiger partial charge in [-0.25, -0.2) is 0 Å². The van der Waals surface area contributed by atoms with Crippen molar-refractivity contribution in [3.63, 3.8) is 0 Å². The van der Waals surface area contributed by atoms with Gasteiger partial charge < -0.3 is 14.2 Å². The molecule has 0 N–H and O–H groups in total. The molecule has 0 bridgehead atoms. The lowest BCUT2D eigenvalue weighted by molar-refractivity contribution is -0.167. The Morgan fingerprint density at radius 3 is 1.00 bits per heavy atom. The summed E-state index contributed by atoms with van der Waals surface area (Å²) in [7, 11) is 0. The first kappa shape index (κ1) is 55.4. The minimum Gasteiger partial charge on any atom is -0.462 e. The molecule has 57 heavy (non-hydrogen) atoms. The first-order chi connectivity index (χ1) is 27.8. The zero-order valence-electron chi connectivity index (χ0n) is 39.0. The number of carbonyl (C=O) groups is 3. The molecule has 0 aromatic carbocycles. The zero-order chi connectivity index (χ0) is 41.9. The summed E-state index contributed by atoms with van der Waals surface area (Å²) in [5.74, 6) is 0.808. The van der Waals surface area contributed by atoms with Gasteiger partial charge in [-0.05, 0) is 31.1 Å². The summed E-state index contributed by atoms with van der Waals surface area (Å²) in [6, 6.07) is 0. The molecule has 0 aromatic heterocycles. The van der Waals surface area contributed by atoms with Crippen LogP contribution in [0.4, 0.5) is 0 Å². The average Bonchev–Trinajstić information content (AvgIpc) is 3.19. The number of unbranched alkanes of at least 4 members (excludes halogenated alkanes) is 29. The van der Waals surface area contributed by atoms with Crippen molar-refractivity contribution in [1.82, 2.24) is 0 Å². The molecule has 6 heteroatoms. The summed E-state index contributed by atoms with van der Waals surface area (Å²) in [4.78, 5) is 37.8. The van der Waals surface area contributed by atoms with Gasteiger partial charge in [0.25, 0.3) is 0 Å². The number of esters is 3. The maximum absolute atomic E-state index is 12.7. The smallest absolute Gasteiger partial charge is 0.306 e. The van der Waals surface area contributed by atoms with E-state index in [-0.39, 0.29) is 31.1 Å². The fraction of sp³-hybridized carbons (Fsp3) is 0.941. The van der Waals surface area contributed by atoms with Gasteiger partial charge in [-0.2, -0.15) is 0 Å². The summed E-state index contributed by atoms with van der Waals surface area (Å²) < 4.78 is 16.8. The van der Waals surface area contributed by atoms with Crippen molar-refractivity contribution in [1.29, 1.82) is 0 Å². The molecule has 0 amide bonds. The number of hydrogen-bond acceptors (Lipinski definition) is 6. The summed E-state index contributed by atoms with van der Waals surface area (Å²) in [6.45, 7) is 11.3. The summed E-state index contributed by atoms with van der Waals surface area (Å²) in [5, 5.41) is 0. The zero-order valence-corrected chi connectivity index (χ0v) is 39.0. The van der Waals surface area contributed by atoms with Gasteiger partial charge >= 0.3 is 17.9 Å².